The van der Waals surface area contributed by atoms with Crippen molar-refractivity contribution in [2.45, 2.75) is 95.5 Å². The summed E-state index contributed by atoms with van der Waals surface area (Å²) in [6.45, 7) is 9.67. The van der Waals surface area contributed by atoms with E-state index in [-0.39, 0.29) is 55.2 Å². The number of benzene rings is 1. The van der Waals surface area contributed by atoms with E-state index in [0.29, 0.717) is 0 Å². The van der Waals surface area contributed by atoms with Crippen LogP contribution in [0.25, 0.3) is 0 Å². The molecule has 12 heteroatoms. The molecule has 0 fully saturated rings. The fourth-order valence-corrected chi connectivity index (χ4v) is 9.02. The highest BCUT2D eigenvalue weighted by Gasteiger charge is 2.52. The Balaban J connectivity index is 4.37. The van der Waals surface area contributed by atoms with Crippen molar-refractivity contribution < 1.29 is 43.1 Å². The lowest BCUT2D eigenvalue weighted by Crippen LogP contribution is -2.31. The molecule has 0 aliphatic rings. The van der Waals surface area contributed by atoms with Crippen LogP contribution >= 0.6 is 22.8 Å². The lowest BCUT2D eigenvalue weighted by Gasteiger charge is -2.40. The molecule has 0 radical (unpaired) electrons. The summed E-state index contributed by atoms with van der Waals surface area (Å²) in [6, 6.07) is 4.24. The van der Waals surface area contributed by atoms with Crippen molar-refractivity contribution in [3.05, 3.63) is 34.9 Å². The van der Waals surface area contributed by atoms with Gasteiger partial charge in [-0.2, -0.15) is 0 Å². The first-order valence-corrected chi connectivity index (χ1v) is 16.1. The minimum Gasteiger partial charge on any atom is -0.324 e. The van der Waals surface area contributed by atoms with Crippen LogP contribution in [0.3, 0.4) is 0 Å². The van der Waals surface area contributed by atoms with E-state index in [4.69, 9.17) is 0 Å². The molecule has 0 unspecified atom stereocenters. The highest BCUT2D eigenvalue weighted by molar-refractivity contribution is 7.53. The van der Waals surface area contributed by atoms with Gasteiger partial charge < -0.3 is 29.4 Å². The monoisotopic (exact) mass is 528 g/mol. The Bertz CT molecular complexity index is 825. The largest absolute Gasteiger partial charge is 0.335 e. The van der Waals surface area contributed by atoms with Gasteiger partial charge in [-0.05, 0) is 55.2 Å². The van der Waals surface area contributed by atoms with Gasteiger partial charge in [-0.25, -0.2) is 0 Å². The molecule has 0 aliphatic carbocycles. The van der Waals surface area contributed by atoms with Gasteiger partial charge in [0.05, 0.1) is 15.5 Å². The van der Waals surface area contributed by atoms with Gasteiger partial charge in [0.1, 0.15) is 0 Å². The number of rotatable bonds is 12. The molecule has 0 saturated heterocycles. The quantitative estimate of drug-likeness (QED) is 0.198. The predicted molar refractivity (Wildman–Crippen MR) is 129 cm³/mol. The minimum absolute atomic E-state index is 0.0268. The minimum atomic E-state index is -4.78. The van der Waals surface area contributed by atoms with Crippen LogP contribution in [0.1, 0.15) is 96.8 Å². The van der Waals surface area contributed by atoms with Crippen LogP contribution in [0.2, 0.25) is 0 Å². The molecule has 0 amide bonds. The van der Waals surface area contributed by atoms with Gasteiger partial charge in [-0.3, -0.25) is 13.7 Å². The van der Waals surface area contributed by atoms with E-state index in [1.54, 1.807) is 41.5 Å². The van der Waals surface area contributed by atoms with Crippen LogP contribution < -0.4 is 0 Å². The van der Waals surface area contributed by atoms with E-state index in [9.17, 15) is 43.1 Å². The van der Waals surface area contributed by atoms with E-state index >= 15 is 0 Å². The molecule has 0 spiro atoms. The highest BCUT2D eigenvalue weighted by Crippen LogP contribution is 2.66. The molecule has 9 nitrogen and oxygen atoms in total. The summed E-state index contributed by atoms with van der Waals surface area (Å²) in [5.74, 6) is 0. The second-order valence-corrected chi connectivity index (χ2v) is 14.5. The van der Waals surface area contributed by atoms with Crippen molar-refractivity contribution in [3.63, 3.8) is 0 Å². The van der Waals surface area contributed by atoms with Crippen LogP contribution in [-0.2, 0) is 29.2 Å². The summed E-state index contributed by atoms with van der Waals surface area (Å²) in [5, 5.41) is -4.99. The molecule has 1 rings (SSSR count). The zero-order valence-electron chi connectivity index (χ0n) is 20.2. The van der Waals surface area contributed by atoms with Crippen molar-refractivity contribution in [2.75, 3.05) is 0 Å². The Hall–Kier alpha value is -0.330. The first kappa shape index (κ1) is 30.7. The van der Waals surface area contributed by atoms with E-state index < -0.39 is 38.3 Å². The number of hydrogen-bond acceptors (Lipinski definition) is 3. The maximum absolute atomic E-state index is 12.7. The highest BCUT2D eigenvalue weighted by atomic mass is 31.2. The van der Waals surface area contributed by atoms with Gasteiger partial charge >= 0.3 is 22.8 Å². The van der Waals surface area contributed by atoms with E-state index in [0.717, 1.165) is 0 Å². The summed E-state index contributed by atoms with van der Waals surface area (Å²) in [5.41, 5.74) is 0.397. The summed E-state index contributed by atoms with van der Waals surface area (Å²) >= 11 is 0. The standard InChI is InChI=1S/C21H39O9P3/c1-7-19(8-2,31(22,23)24)16-13-17(20(9-3,10-4)32(25,26)27)15-18(14-16)21(11-5,12-6)33(28,29)30/h13-15H,7-12H2,1-6H3,(H2,22,23,24)(H2,25,26,27)(H2,28,29,30). The third kappa shape index (κ3) is 5.00. The summed E-state index contributed by atoms with van der Waals surface area (Å²) in [7, 11) is -14.3. The molecule has 0 atom stereocenters. The smallest absolute Gasteiger partial charge is 0.324 e. The fourth-order valence-electron chi connectivity index (χ4n) is 5.15. The molecule has 0 heterocycles. The first-order valence-electron chi connectivity index (χ1n) is 11.3. The maximum Gasteiger partial charge on any atom is 0.335 e. The van der Waals surface area contributed by atoms with E-state index in [2.05, 4.69) is 0 Å². The molecular weight excluding hydrogens is 489 g/mol. The Kier molecular flexibility index (Phi) is 9.62. The van der Waals surface area contributed by atoms with Gasteiger partial charge in [0.2, 0.25) is 0 Å². The molecule has 0 aliphatic heterocycles. The van der Waals surface area contributed by atoms with Crippen molar-refractivity contribution in [2.24, 2.45) is 0 Å². The summed E-state index contributed by atoms with van der Waals surface area (Å²) in [6.07, 6.45) is 0.161. The third-order valence-corrected chi connectivity index (χ3v) is 13.7. The second kappa shape index (κ2) is 10.3. The van der Waals surface area contributed by atoms with Crippen molar-refractivity contribution in [3.8, 4) is 0 Å². The molecule has 0 aromatic heterocycles. The normalized spacial score (nSPS) is 14.5. The SMILES string of the molecule is CCC(CC)(c1cc(C(CC)(CC)P(=O)(O)O)cc(C(CC)(CC)P(=O)(O)O)c1)P(=O)(O)O. The average molecular weight is 528 g/mol. The molecule has 0 bridgehead atoms. The molecule has 192 valence electrons. The Morgan fingerprint density at radius 2 is 0.636 bits per heavy atom. The molecule has 1 aromatic carbocycles. The van der Waals surface area contributed by atoms with Crippen LogP contribution in [0, 0.1) is 0 Å². The summed E-state index contributed by atoms with van der Waals surface area (Å²) in [4.78, 5) is 61.9. The van der Waals surface area contributed by atoms with Gasteiger partial charge in [-0.15, -0.1) is 0 Å². The predicted octanol–water partition coefficient (Wildman–Crippen LogP) is 5.27. The van der Waals surface area contributed by atoms with Crippen molar-refractivity contribution in [1.82, 2.24) is 0 Å². The van der Waals surface area contributed by atoms with Crippen LogP contribution in [-0.4, -0.2) is 29.4 Å². The van der Waals surface area contributed by atoms with E-state index in [1.807, 2.05) is 0 Å². The van der Waals surface area contributed by atoms with Crippen molar-refractivity contribution in [1.29, 1.82) is 0 Å². The summed E-state index contributed by atoms with van der Waals surface area (Å²) < 4.78 is 38.1. The van der Waals surface area contributed by atoms with Crippen LogP contribution in [0.5, 0.6) is 0 Å². The Labute approximate surface area is 196 Å². The Morgan fingerprint density at radius 1 is 0.485 bits per heavy atom. The maximum atomic E-state index is 12.7. The molecular formula is C21H39O9P3. The van der Waals surface area contributed by atoms with Crippen LogP contribution in [0.4, 0.5) is 0 Å². The topological polar surface area (TPSA) is 173 Å². The van der Waals surface area contributed by atoms with Crippen molar-refractivity contribution >= 4 is 22.8 Å². The lowest BCUT2D eigenvalue weighted by atomic mass is 9.81. The first-order chi connectivity index (χ1) is 14.9. The van der Waals surface area contributed by atoms with Gasteiger partial charge in [0.25, 0.3) is 0 Å². The molecule has 0 saturated carbocycles. The average Bonchev–Trinajstić information content (AvgIpc) is 2.69. The molecule has 6 N–H and O–H groups in total. The lowest BCUT2D eigenvalue weighted by molar-refractivity contribution is 0.311. The number of hydrogen-bond donors (Lipinski definition) is 6. The molecule has 33 heavy (non-hydrogen) atoms. The Morgan fingerprint density at radius 3 is 0.727 bits per heavy atom. The third-order valence-electron chi connectivity index (χ3n) is 7.73. The second-order valence-electron chi connectivity index (χ2n) is 8.65. The van der Waals surface area contributed by atoms with Gasteiger partial charge in [0.15, 0.2) is 0 Å². The van der Waals surface area contributed by atoms with Crippen LogP contribution in [0.15, 0.2) is 18.2 Å². The molecule has 1 aromatic rings. The fraction of sp³-hybridized carbons (Fsp3) is 0.714. The zero-order valence-corrected chi connectivity index (χ0v) is 22.9. The van der Waals surface area contributed by atoms with Gasteiger partial charge in [0, 0.05) is 0 Å². The van der Waals surface area contributed by atoms with E-state index in [1.165, 1.54) is 18.2 Å². The zero-order chi connectivity index (χ0) is 26.1. The van der Waals surface area contributed by atoms with Gasteiger partial charge in [-0.1, -0.05) is 59.7 Å².